The topological polar surface area (TPSA) is 34.9 Å². The van der Waals surface area contributed by atoms with Crippen LogP contribution in [0.15, 0.2) is 53.5 Å². The Bertz CT molecular complexity index is 730. The zero-order valence-corrected chi connectivity index (χ0v) is 11.3. The Kier molecular flexibility index (Phi) is 3.42. The molecule has 0 unspecified atom stereocenters. The molecule has 4 heteroatoms. The summed E-state index contributed by atoms with van der Waals surface area (Å²) in [5.74, 6) is 0. The van der Waals surface area contributed by atoms with Gasteiger partial charge < -0.3 is 0 Å². The molecule has 0 saturated heterocycles. The number of hydrogen-bond acceptors (Lipinski definition) is 3. The van der Waals surface area contributed by atoms with E-state index in [2.05, 4.69) is 17.1 Å². The van der Waals surface area contributed by atoms with E-state index < -0.39 is 0 Å². The van der Waals surface area contributed by atoms with E-state index in [0.29, 0.717) is 0 Å². The zero-order valence-electron chi connectivity index (χ0n) is 10.5. The first-order valence-corrected chi connectivity index (χ1v) is 7.11. The molecule has 19 heavy (non-hydrogen) atoms. The van der Waals surface area contributed by atoms with Crippen molar-refractivity contribution in [3.63, 3.8) is 0 Å². The average Bonchev–Trinajstić information content (AvgIpc) is 2.78. The molecular formula is C15H14N2OS. The number of hydrogen-bond donors (Lipinski definition) is 0. The van der Waals surface area contributed by atoms with Crippen LogP contribution in [0.25, 0.3) is 10.2 Å². The van der Waals surface area contributed by atoms with Crippen molar-refractivity contribution < 1.29 is 0 Å². The van der Waals surface area contributed by atoms with E-state index in [1.54, 1.807) is 10.2 Å². The Hall–Kier alpha value is -1.94. The third-order valence-electron chi connectivity index (χ3n) is 3.09. The van der Waals surface area contributed by atoms with Crippen molar-refractivity contribution in [1.29, 1.82) is 0 Å². The summed E-state index contributed by atoms with van der Waals surface area (Å²) in [5, 5.41) is 0.729. The van der Waals surface area contributed by atoms with Gasteiger partial charge in [-0.25, -0.2) is 4.98 Å². The van der Waals surface area contributed by atoms with Crippen LogP contribution in [0.5, 0.6) is 0 Å². The van der Waals surface area contributed by atoms with E-state index >= 15 is 0 Å². The molecule has 2 heterocycles. The molecule has 3 rings (SSSR count). The lowest BCUT2D eigenvalue weighted by Gasteiger charge is -2.01. The van der Waals surface area contributed by atoms with Gasteiger partial charge in [-0.15, -0.1) is 0 Å². The fraction of sp³-hybridized carbons (Fsp3) is 0.200. The van der Waals surface area contributed by atoms with Gasteiger partial charge in [-0.05, 0) is 42.1 Å². The van der Waals surface area contributed by atoms with Gasteiger partial charge in [0, 0.05) is 12.7 Å². The SMILES string of the molecule is O=c1c2cccnc2sn1CCCc1ccccc1. The highest BCUT2D eigenvalue weighted by atomic mass is 32.1. The highest BCUT2D eigenvalue weighted by molar-refractivity contribution is 7.13. The van der Waals surface area contributed by atoms with E-state index in [9.17, 15) is 4.79 Å². The summed E-state index contributed by atoms with van der Waals surface area (Å²) in [6.45, 7) is 0.759. The monoisotopic (exact) mass is 270 g/mol. The van der Waals surface area contributed by atoms with Crippen molar-refractivity contribution in [1.82, 2.24) is 8.94 Å². The van der Waals surface area contributed by atoms with Crippen molar-refractivity contribution in [2.75, 3.05) is 0 Å². The Morgan fingerprint density at radius 3 is 2.74 bits per heavy atom. The second-order valence-corrected chi connectivity index (χ2v) is 5.45. The minimum absolute atomic E-state index is 0.0844. The van der Waals surface area contributed by atoms with Crippen LogP contribution in [0.1, 0.15) is 12.0 Å². The number of benzene rings is 1. The smallest absolute Gasteiger partial charge is 0.268 e. The summed E-state index contributed by atoms with van der Waals surface area (Å²) < 4.78 is 1.81. The molecule has 1 aromatic carbocycles. The highest BCUT2D eigenvalue weighted by Gasteiger charge is 2.07. The van der Waals surface area contributed by atoms with Crippen molar-refractivity contribution in [2.45, 2.75) is 19.4 Å². The van der Waals surface area contributed by atoms with Crippen LogP contribution in [-0.4, -0.2) is 8.94 Å². The Balaban J connectivity index is 1.72. The molecule has 2 aromatic heterocycles. The van der Waals surface area contributed by atoms with E-state index in [4.69, 9.17) is 0 Å². The molecule has 0 aliphatic carbocycles. The third-order valence-corrected chi connectivity index (χ3v) is 4.16. The number of aryl methyl sites for hydroxylation is 2. The molecule has 0 saturated carbocycles. The summed E-state index contributed by atoms with van der Waals surface area (Å²) in [6.07, 6.45) is 3.69. The minimum atomic E-state index is 0.0844. The second kappa shape index (κ2) is 5.36. The second-order valence-electron chi connectivity index (χ2n) is 4.44. The predicted octanol–water partition coefficient (Wildman–Crippen LogP) is 3.09. The molecule has 0 atom stereocenters. The lowest BCUT2D eigenvalue weighted by atomic mass is 10.1. The van der Waals surface area contributed by atoms with E-state index in [1.807, 2.05) is 30.3 Å². The number of fused-ring (bicyclic) bond motifs is 1. The van der Waals surface area contributed by atoms with Gasteiger partial charge in [0.25, 0.3) is 5.56 Å². The van der Waals surface area contributed by atoms with Crippen LogP contribution in [0.3, 0.4) is 0 Å². The standard InChI is InChI=1S/C15H14N2OS/c18-15-13-9-4-10-16-14(13)19-17(15)11-5-8-12-6-2-1-3-7-12/h1-4,6-7,9-10H,5,8,11H2. The molecule has 0 amide bonds. The summed E-state index contributed by atoms with van der Waals surface area (Å²) in [5.41, 5.74) is 1.40. The summed E-state index contributed by atoms with van der Waals surface area (Å²) in [4.78, 5) is 17.2. The van der Waals surface area contributed by atoms with Gasteiger partial charge in [0.2, 0.25) is 0 Å². The molecular weight excluding hydrogens is 256 g/mol. The van der Waals surface area contributed by atoms with Crippen LogP contribution in [0, 0.1) is 0 Å². The van der Waals surface area contributed by atoms with Crippen LogP contribution >= 0.6 is 11.5 Å². The maximum Gasteiger partial charge on any atom is 0.270 e. The van der Waals surface area contributed by atoms with E-state index in [-0.39, 0.29) is 5.56 Å². The zero-order chi connectivity index (χ0) is 13.1. The lowest BCUT2D eigenvalue weighted by Crippen LogP contribution is -2.13. The van der Waals surface area contributed by atoms with Crippen molar-refractivity contribution in [3.8, 4) is 0 Å². The van der Waals surface area contributed by atoms with Crippen LogP contribution in [0.4, 0.5) is 0 Å². The van der Waals surface area contributed by atoms with Crippen molar-refractivity contribution >= 4 is 21.7 Å². The van der Waals surface area contributed by atoms with Gasteiger partial charge >= 0.3 is 0 Å². The molecule has 0 fully saturated rings. The van der Waals surface area contributed by atoms with Crippen LogP contribution in [-0.2, 0) is 13.0 Å². The molecule has 3 nitrogen and oxygen atoms in total. The molecule has 0 N–H and O–H groups in total. The van der Waals surface area contributed by atoms with Crippen LogP contribution in [0.2, 0.25) is 0 Å². The van der Waals surface area contributed by atoms with Gasteiger partial charge in [0.15, 0.2) is 0 Å². The van der Waals surface area contributed by atoms with Crippen molar-refractivity contribution in [3.05, 3.63) is 64.6 Å². The third kappa shape index (κ3) is 2.58. The molecule has 0 aliphatic rings. The van der Waals surface area contributed by atoms with E-state index in [1.165, 1.54) is 17.1 Å². The van der Waals surface area contributed by atoms with Gasteiger partial charge in [-0.2, -0.15) is 0 Å². The summed E-state index contributed by atoms with van der Waals surface area (Å²) in [6, 6.07) is 14.0. The quantitative estimate of drug-likeness (QED) is 0.730. The number of aromatic nitrogens is 2. The maximum atomic E-state index is 12.1. The first-order chi connectivity index (χ1) is 9.34. The molecule has 0 radical (unpaired) electrons. The minimum Gasteiger partial charge on any atom is -0.268 e. The molecule has 0 aliphatic heterocycles. The Labute approximate surface area is 115 Å². The van der Waals surface area contributed by atoms with Gasteiger partial charge in [0.05, 0.1) is 5.39 Å². The summed E-state index contributed by atoms with van der Waals surface area (Å²) in [7, 11) is 0. The van der Waals surface area contributed by atoms with Gasteiger partial charge in [-0.3, -0.25) is 8.75 Å². The number of pyridine rings is 1. The fourth-order valence-electron chi connectivity index (χ4n) is 2.13. The normalized spacial score (nSPS) is 10.9. The maximum absolute atomic E-state index is 12.1. The number of rotatable bonds is 4. The first-order valence-electron chi connectivity index (χ1n) is 6.33. The predicted molar refractivity (Wildman–Crippen MR) is 78.6 cm³/mol. The Morgan fingerprint density at radius 2 is 1.95 bits per heavy atom. The van der Waals surface area contributed by atoms with Gasteiger partial charge in [0.1, 0.15) is 4.83 Å². The lowest BCUT2D eigenvalue weighted by molar-refractivity contribution is 0.672. The van der Waals surface area contributed by atoms with Crippen molar-refractivity contribution in [2.24, 2.45) is 0 Å². The first kappa shape index (κ1) is 12.1. The summed E-state index contributed by atoms with van der Waals surface area (Å²) >= 11 is 1.45. The fourth-order valence-corrected chi connectivity index (χ4v) is 3.10. The number of nitrogens with zero attached hydrogens (tertiary/aromatic N) is 2. The molecule has 0 spiro atoms. The Morgan fingerprint density at radius 1 is 1.11 bits per heavy atom. The largest absolute Gasteiger partial charge is 0.270 e. The van der Waals surface area contributed by atoms with Gasteiger partial charge in [-0.1, -0.05) is 30.3 Å². The molecule has 0 bridgehead atoms. The molecule has 3 aromatic rings. The molecule has 96 valence electrons. The average molecular weight is 270 g/mol. The van der Waals surface area contributed by atoms with Crippen LogP contribution < -0.4 is 5.56 Å². The van der Waals surface area contributed by atoms with E-state index in [0.717, 1.165) is 29.6 Å². The highest BCUT2D eigenvalue weighted by Crippen LogP contribution is 2.13.